The van der Waals surface area contributed by atoms with Crippen molar-refractivity contribution in [3.05, 3.63) is 102 Å². The summed E-state index contributed by atoms with van der Waals surface area (Å²) < 4.78 is 0. The maximum atomic E-state index is 13.2. The number of benzene rings is 3. The van der Waals surface area contributed by atoms with E-state index in [-0.39, 0.29) is 18.0 Å². The van der Waals surface area contributed by atoms with E-state index in [1.54, 1.807) is 0 Å². The fourth-order valence-electron chi connectivity index (χ4n) is 4.27. The average molecular weight is 414 g/mol. The monoisotopic (exact) mass is 413 g/mol. The molecule has 0 radical (unpaired) electrons. The maximum Gasteiger partial charge on any atom is 0.237 e. The molecule has 4 rings (SSSR count). The second kappa shape index (κ2) is 9.80. The van der Waals surface area contributed by atoms with Crippen LogP contribution in [0.1, 0.15) is 29.7 Å². The largest absolute Gasteiger partial charge is 0.369 e. The summed E-state index contributed by atoms with van der Waals surface area (Å²) >= 11 is 0. The molecule has 1 N–H and O–H groups in total. The number of hydrogen-bond acceptors (Lipinski definition) is 3. The Hall–Kier alpha value is -3.11. The van der Waals surface area contributed by atoms with E-state index in [2.05, 4.69) is 70.6 Å². The van der Waals surface area contributed by atoms with Crippen LogP contribution in [0.25, 0.3) is 0 Å². The summed E-state index contributed by atoms with van der Waals surface area (Å²) in [5.74, 6) is 0.0710. The quantitative estimate of drug-likeness (QED) is 0.650. The fraction of sp³-hybridized carbons (Fsp3) is 0.296. The predicted molar refractivity (Wildman–Crippen MR) is 127 cm³/mol. The van der Waals surface area contributed by atoms with Gasteiger partial charge < -0.3 is 10.2 Å². The van der Waals surface area contributed by atoms with Crippen molar-refractivity contribution in [2.75, 3.05) is 31.1 Å². The maximum absolute atomic E-state index is 13.2. The zero-order valence-electron chi connectivity index (χ0n) is 18.4. The molecular formula is C27H31N3O. The first-order valence-corrected chi connectivity index (χ1v) is 11.1. The number of carbonyl (C=O) groups excluding carboxylic acids is 1. The van der Waals surface area contributed by atoms with Crippen molar-refractivity contribution in [3.8, 4) is 0 Å². The molecule has 1 atom stereocenters. The Morgan fingerprint density at radius 3 is 1.94 bits per heavy atom. The van der Waals surface area contributed by atoms with Crippen LogP contribution in [0.5, 0.6) is 0 Å². The van der Waals surface area contributed by atoms with Gasteiger partial charge in [-0.2, -0.15) is 0 Å². The SMILES string of the molecule is Cc1cccc(N2CCN(C(C)C(=O)NC(c3ccccc3)c3ccccc3)CC2)c1. The van der Waals surface area contributed by atoms with Gasteiger partial charge in [0.1, 0.15) is 0 Å². The molecule has 1 saturated heterocycles. The van der Waals surface area contributed by atoms with Crippen LogP contribution in [0.4, 0.5) is 5.69 Å². The van der Waals surface area contributed by atoms with E-state index < -0.39 is 0 Å². The number of carbonyl (C=O) groups is 1. The topological polar surface area (TPSA) is 35.6 Å². The van der Waals surface area contributed by atoms with Crippen molar-refractivity contribution >= 4 is 11.6 Å². The highest BCUT2D eigenvalue weighted by Crippen LogP contribution is 2.23. The summed E-state index contributed by atoms with van der Waals surface area (Å²) in [5, 5.41) is 3.30. The molecule has 0 aliphatic carbocycles. The number of piperazine rings is 1. The zero-order valence-corrected chi connectivity index (χ0v) is 18.4. The molecule has 1 heterocycles. The van der Waals surface area contributed by atoms with Gasteiger partial charge in [0.15, 0.2) is 0 Å². The van der Waals surface area contributed by atoms with E-state index >= 15 is 0 Å². The lowest BCUT2D eigenvalue weighted by molar-refractivity contribution is -0.126. The van der Waals surface area contributed by atoms with Gasteiger partial charge in [0.25, 0.3) is 0 Å². The first-order chi connectivity index (χ1) is 15.1. The molecule has 31 heavy (non-hydrogen) atoms. The molecule has 3 aromatic rings. The second-order valence-corrected chi connectivity index (χ2v) is 8.30. The first-order valence-electron chi connectivity index (χ1n) is 11.1. The molecule has 3 aromatic carbocycles. The Labute approximate surface area is 185 Å². The Balaban J connectivity index is 1.41. The molecule has 1 aliphatic heterocycles. The Morgan fingerprint density at radius 1 is 0.806 bits per heavy atom. The number of hydrogen-bond donors (Lipinski definition) is 1. The van der Waals surface area contributed by atoms with Crippen molar-refractivity contribution in [1.82, 2.24) is 10.2 Å². The van der Waals surface area contributed by atoms with Crippen LogP contribution in [-0.4, -0.2) is 43.0 Å². The van der Waals surface area contributed by atoms with Gasteiger partial charge >= 0.3 is 0 Å². The summed E-state index contributed by atoms with van der Waals surface area (Å²) in [5.41, 5.74) is 4.74. The molecule has 4 nitrogen and oxygen atoms in total. The lowest BCUT2D eigenvalue weighted by Crippen LogP contribution is -2.54. The standard InChI is InChI=1S/C27H31N3O/c1-21-10-9-15-25(20-21)30-18-16-29(17-19-30)22(2)27(31)28-26(23-11-5-3-6-12-23)24-13-7-4-8-14-24/h3-15,20,22,26H,16-19H2,1-2H3,(H,28,31). The van der Waals surface area contributed by atoms with Crippen molar-refractivity contribution in [2.24, 2.45) is 0 Å². The van der Waals surface area contributed by atoms with Crippen molar-refractivity contribution in [2.45, 2.75) is 25.9 Å². The summed E-state index contributed by atoms with van der Waals surface area (Å²) in [6.45, 7) is 7.77. The highest BCUT2D eigenvalue weighted by molar-refractivity contribution is 5.82. The zero-order chi connectivity index (χ0) is 21.6. The lowest BCUT2D eigenvalue weighted by Gasteiger charge is -2.39. The smallest absolute Gasteiger partial charge is 0.237 e. The molecule has 0 aromatic heterocycles. The van der Waals surface area contributed by atoms with Gasteiger partial charge in [-0.25, -0.2) is 0 Å². The fourth-order valence-corrected chi connectivity index (χ4v) is 4.27. The Bertz CT molecular complexity index is 942. The van der Waals surface area contributed by atoms with E-state index in [1.807, 2.05) is 43.3 Å². The molecule has 1 unspecified atom stereocenters. The van der Waals surface area contributed by atoms with Gasteiger partial charge in [-0.15, -0.1) is 0 Å². The van der Waals surface area contributed by atoms with E-state index in [0.717, 1.165) is 37.3 Å². The van der Waals surface area contributed by atoms with Crippen LogP contribution in [0.3, 0.4) is 0 Å². The molecule has 160 valence electrons. The number of amides is 1. The molecule has 1 aliphatic rings. The molecule has 0 bridgehead atoms. The van der Waals surface area contributed by atoms with Gasteiger partial charge in [0.2, 0.25) is 5.91 Å². The van der Waals surface area contributed by atoms with E-state index in [1.165, 1.54) is 11.3 Å². The van der Waals surface area contributed by atoms with Crippen LogP contribution in [0.2, 0.25) is 0 Å². The third-order valence-corrected chi connectivity index (χ3v) is 6.16. The normalized spacial score (nSPS) is 15.6. The minimum absolute atomic E-state index is 0.0710. The Morgan fingerprint density at radius 2 is 1.39 bits per heavy atom. The highest BCUT2D eigenvalue weighted by Gasteiger charge is 2.27. The van der Waals surface area contributed by atoms with Gasteiger partial charge in [-0.1, -0.05) is 72.8 Å². The molecule has 0 spiro atoms. The van der Waals surface area contributed by atoms with Crippen molar-refractivity contribution < 1.29 is 4.79 Å². The average Bonchev–Trinajstić information content (AvgIpc) is 2.83. The number of aryl methyl sites for hydroxylation is 1. The van der Waals surface area contributed by atoms with Gasteiger partial charge in [0, 0.05) is 31.9 Å². The van der Waals surface area contributed by atoms with Crippen LogP contribution in [0.15, 0.2) is 84.9 Å². The molecule has 4 heteroatoms. The summed E-state index contributed by atoms with van der Waals surface area (Å²) in [7, 11) is 0. The molecule has 1 amide bonds. The second-order valence-electron chi connectivity index (χ2n) is 8.30. The van der Waals surface area contributed by atoms with Crippen LogP contribution in [-0.2, 0) is 4.79 Å². The molecule has 0 saturated carbocycles. The summed E-state index contributed by atoms with van der Waals surface area (Å²) in [4.78, 5) is 17.9. The third-order valence-electron chi connectivity index (χ3n) is 6.16. The molecular weight excluding hydrogens is 382 g/mol. The number of rotatable bonds is 6. The number of nitrogens with zero attached hydrogens (tertiary/aromatic N) is 2. The van der Waals surface area contributed by atoms with Gasteiger partial charge in [-0.05, 0) is 42.7 Å². The summed E-state index contributed by atoms with van der Waals surface area (Å²) in [6.07, 6.45) is 0. The summed E-state index contributed by atoms with van der Waals surface area (Å²) in [6, 6.07) is 28.7. The highest BCUT2D eigenvalue weighted by atomic mass is 16.2. The third kappa shape index (κ3) is 5.15. The van der Waals surface area contributed by atoms with E-state index in [4.69, 9.17) is 0 Å². The van der Waals surface area contributed by atoms with Gasteiger partial charge in [-0.3, -0.25) is 9.69 Å². The minimum Gasteiger partial charge on any atom is -0.369 e. The van der Waals surface area contributed by atoms with Gasteiger partial charge in [0.05, 0.1) is 12.1 Å². The first kappa shape index (κ1) is 21.1. The number of anilines is 1. The van der Waals surface area contributed by atoms with Crippen molar-refractivity contribution in [3.63, 3.8) is 0 Å². The minimum atomic E-state index is -0.172. The van der Waals surface area contributed by atoms with Crippen LogP contribution >= 0.6 is 0 Å². The Kier molecular flexibility index (Phi) is 6.68. The van der Waals surface area contributed by atoms with Crippen LogP contribution in [0, 0.1) is 6.92 Å². The lowest BCUT2D eigenvalue weighted by atomic mass is 9.98. The predicted octanol–water partition coefficient (Wildman–Crippen LogP) is 4.41. The van der Waals surface area contributed by atoms with E-state index in [9.17, 15) is 4.79 Å². The van der Waals surface area contributed by atoms with E-state index in [0.29, 0.717) is 0 Å². The van der Waals surface area contributed by atoms with Crippen molar-refractivity contribution in [1.29, 1.82) is 0 Å². The van der Waals surface area contributed by atoms with Crippen LogP contribution < -0.4 is 10.2 Å². The molecule has 1 fully saturated rings. The number of nitrogens with one attached hydrogen (secondary N) is 1.